The van der Waals surface area contributed by atoms with Gasteiger partial charge in [-0.25, -0.2) is 0 Å². The molecule has 0 spiro atoms. The van der Waals surface area contributed by atoms with Crippen LogP contribution in [-0.2, 0) is 0 Å². The van der Waals surface area contributed by atoms with Gasteiger partial charge in [0.15, 0.2) is 5.76 Å². The van der Waals surface area contributed by atoms with E-state index in [2.05, 4.69) is 21.2 Å². The molecule has 0 aliphatic rings. The highest BCUT2D eigenvalue weighted by molar-refractivity contribution is 9.10. The second-order valence-electron chi connectivity index (χ2n) is 6.55. The van der Waals surface area contributed by atoms with E-state index in [0.717, 1.165) is 10.0 Å². The molecule has 0 aliphatic carbocycles. The molecular weight excluding hydrogens is 454 g/mol. The highest BCUT2D eigenvalue weighted by Crippen LogP contribution is 2.35. The first kappa shape index (κ1) is 19.4. The number of aryl methyl sites for hydroxylation is 1. The molecular formula is C23H15BrClNO3. The Hall–Kier alpha value is -2.89. The lowest BCUT2D eigenvalue weighted by atomic mass is 10.1. The normalized spacial score (nSPS) is 10.9. The van der Waals surface area contributed by atoms with Crippen molar-refractivity contribution in [2.24, 2.45) is 0 Å². The molecule has 0 fully saturated rings. The predicted octanol–water partition coefficient (Wildman–Crippen LogP) is 6.64. The number of amides is 1. The first-order valence-corrected chi connectivity index (χ1v) is 10.0. The SMILES string of the molecule is Cc1ccccc1C(=O)Nc1c(C(=O)c2ccc(Cl)cc2)oc2ccc(Br)cc12. The summed E-state index contributed by atoms with van der Waals surface area (Å²) >= 11 is 9.36. The first-order valence-electron chi connectivity index (χ1n) is 8.83. The van der Waals surface area contributed by atoms with Gasteiger partial charge in [0.1, 0.15) is 5.58 Å². The van der Waals surface area contributed by atoms with Gasteiger partial charge < -0.3 is 9.73 Å². The number of fused-ring (bicyclic) bond motifs is 1. The molecule has 4 aromatic rings. The molecule has 1 aromatic heterocycles. The molecule has 4 rings (SSSR count). The van der Waals surface area contributed by atoms with Gasteiger partial charge in [0.05, 0.1) is 5.69 Å². The number of carbonyl (C=O) groups is 2. The molecule has 0 unspecified atom stereocenters. The van der Waals surface area contributed by atoms with Gasteiger partial charge in [-0.1, -0.05) is 45.7 Å². The predicted molar refractivity (Wildman–Crippen MR) is 118 cm³/mol. The summed E-state index contributed by atoms with van der Waals surface area (Å²) in [5.74, 6) is -0.577. The van der Waals surface area contributed by atoms with E-state index in [1.807, 2.05) is 31.2 Å². The average molecular weight is 469 g/mol. The molecule has 144 valence electrons. The molecule has 1 amide bonds. The topological polar surface area (TPSA) is 59.3 Å². The Bertz CT molecular complexity index is 1240. The highest BCUT2D eigenvalue weighted by atomic mass is 79.9. The molecule has 0 bridgehead atoms. The lowest BCUT2D eigenvalue weighted by Crippen LogP contribution is -2.15. The third kappa shape index (κ3) is 3.84. The van der Waals surface area contributed by atoms with Gasteiger partial charge in [-0.2, -0.15) is 0 Å². The van der Waals surface area contributed by atoms with Crippen molar-refractivity contribution in [1.82, 2.24) is 0 Å². The van der Waals surface area contributed by atoms with Crippen molar-refractivity contribution < 1.29 is 14.0 Å². The Kier molecular flexibility index (Phi) is 5.26. The third-order valence-electron chi connectivity index (χ3n) is 4.59. The minimum absolute atomic E-state index is 0.0716. The average Bonchev–Trinajstić information content (AvgIpc) is 3.06. The van der Waals surface area contributed by atoms with Crippen LogP contribution in [0.2, 0.25) is 5.02 Å². The summed E-state index contributed by atoms with van der Waals surface area (Å²) in [7, 11) is 0. The van der Waals surface area contributed by atoms with Gasteiger partial charge in [0.2, 0.25) is 5.78 Å². The summed E-state index contributed by atoms with van der Waals surface area (Å²) < 4.78 is 6.66. The van der Waals surface area contributed by atoms with E-state index >= 15 is 0 Å². The summed E-state index contributed by atoms with van der Waals surface area (Å²) in [5.41, 5.74) is 2.63. The summed E-state index contributed by atoms with van der Waals surface area (Å²) in [4.78, 5) is 26.0. The fraction of sp³-hybridized carbons (Fsp3) is 0.0435. The molecule has 0 radical (unpaired) electrons. The van der Waals surface area contributed by atoms with E-state index in [4.69, 9.17) is 16.0 Å². The Morgan fingerprint density at radius 1 is 1.00 bits per heavy atom. The lowest BCUT2D eigenvalue weighted by Gasteiger charge is -2.08. The van der Waals surface area contributed by atoms with Gasteiger partial charge >= 0.3 is 0 Å². The van der Waals surface area contributed by atoms with Crippen LogP contribution in [0.3, 0.4) is 0 Å². The number of furan rings is 1. The number of hydrogen-bond acceptors (Lipinski definition) is 3. The van der Waals surface area contributed by atoms with Crippen molar-refractivity contribution in [3.8, 4) is 0 Å². The molecule has 0 atom stereocenters. The fourth-order valence-electron chi connectivity index (χ4n) is 3.09. The number of hydrogen-bond donors (Lipinski definition) is 1. The van der Waals surface area contributed by atoms with Crippen LogP contribution >= 0.6 is 27.5 Å². The maximum atomic E-state index is 13.1. The zero-order valence-electron chi connectivity index (χ0n) is 15.3. The van der Waals surface area contributed by atoms with Crippen LogP contribution in [0.5, 0.6) is 0 Å². The number of rotatable bonds is 4. The standard InChI is InChI=1S/C23H15BrClNO3/c1-13-4-2-3-5-17(13)23(28)26-20-18-12-15(24)8-11-19(18)29-22(20)21(27)14-6-9-16(25)10-7-14/h2-12H,1H3,(H,26,28). The number of carbonyl (C=O) groups excluding carboxylic acids is 2. The van der Waals surface area contributed by atoms with Crippen LogP contribution in [0.1, 0.15) is 32.0 Å². The minimum Gasteiger partial charge on any atom is -0.450 e. The monoisotopic (exact) mass is 467 g/mol. The Morgan fingerprint density at radius 2 is 1.72 bits per heavy atom. The zero-order chi connectivity index (χ0) is 20.5. The molecule has 29 heavy (non-hydrogen) atoms. The van der Waals surface area contributed by atoms with Gasteiger partial charge in [-0.15, -0.1) is 0 Å². The molecule has 6 heteroatoms. The number of nitrogens with one attached hydrogen (secondary N) is 1. The van der Waals surface area contributed by atoms with Crippen LogP contribution < -0.4 is 5.32 Å². The van der Waals surface area contributed by atoms with E-state index in [-0.39, 0.29) is 17.5 Å². The van der Waals surface area contributed by atoms with Crippen LogP contribution in [0.15, 0.2) is 75.6 Å². The van der Waals surface area contributed by atoms with Crippen molar-refractivity contribution >= 4 is 55.9 Å². The summed E-state index contributed by atoms with van der Waals surface area (Å²) in [6.45, 7) is 1.86. The number of benzene rings is 3. The number of anilines is 1. The lowest BCUT2D eigenvalue weighted by molar-refractivity contribution is 0.101. The Balaban J connectivity index is 1.82. The molecule has 4 nitrogen and oxygen atoms in total. The van der Waals surface area contributed by atoms with Crippen LogP contribution in [-0.4, -0.2) is 11.7 Å². The van der Waals surface area contributed by atoms with Crippen LogP contribution in [0.4, 0.5) is 5.69 Å². The van der Waals surface area contributed by atoms with Crippen molar-refractivity contribution in [2.75, 3.05) is 5.32 Å². The van der Waals surface area contributed by atoms with Crippen molar-refractivity contribution in [2.45, 2.75) is 6.92 Å². The van der Waals surface area contributed by atoms with Gasteiger partial charge in [0, 0.05) is 26.0 Å². The largest absolute Gasteiger partial charge is 0.450 e. The second-order valence-corrected chi connectivity index (χ2v) is 7.90. The highest BCUT2D eigenvalue weighted by Gasteiger charge is 2.24. The number of ketones is 1. The Labute approximate surface area is 180 Å². The van der Waals surface area contributed by atoms with E-state index < -0.39 is 0 Å². The van der Waals surface area contributed by atoms with E-state index in [9.17, 15) is 9.59 Å². The molecule has 1 heterocycles. The second kappa shape index (κ2) is 7.85. The quantitative estimate of drug-likeness (QED) is 0.342. The van der Waals surface area contributed by atoms with E-state index in [1.165, 1.54) is 0 Å². The van der Waals surface area contributed by atoms with E-state index in [0.29, 0.717) is 32.8 Å². The summed E-state index contributed by atoms with van der Waals surface area (Å²) in [6, 6.07) is 19.2. The van der Waals surface area contributed by atoms with Crippen molar-refractivity contribution in [3.63, 3.8) is 0 Å². The van der Waals surface area contributed by atoms with Gasteiger partial charge in [0.25, 0.3) is 5.91 Å². The maximum Gasteiger partial charge on any atom is 0.256 e. The van der Waals surface area contributed by atoms with Crippen molar-refractivity contribution in [1.29, 1.82) is 0 Å². The maximum absolute atomic E-state index is 13.1. The molecule has 3 aromatic carbocycles. The zero-order valence-corrected chi connectivity index (χ0v) is 17.7. The first-order chi connectivity index (χ1) is 13.9. The van der Waals surface area contributed by atoms with Gasteiger partial charge in [-0.3, -0.25) is 9.59 Å². The summed E-state index contributed by atoms with van der Waals surface area (Å²) in [6.07, 6.45) is 0. The molecule has 0 aliphatic heterocycles. The van der Waals surface area contributed by atoms with Crippen LogP contribution in [0, 0.1) is 6.92 Å². The number of halogens is 2. The minimum atomic E-state index is -0.339. The fourth-order valence-corrected chi connectivity index (χ4v) is 3.58. The van der Waals surface area contributed by atoms with Crippen LogP contribution in [0.25, 0.3) is 11.0 Å². The summed E-state index contributed by atoms with van der Waals surface area (Å²) in [5, 5.41) is 4.05. The third-order valence-corrected chi connectivity index (χ3v) is 5.34. The molecule has 0 saturated carbocycles. The molecule has 1 N–H and O–H groups in total. The van der Waals surface area contributed by atoms with Crippen molar-refractivity contribution in [3.05, 3.63) is 98.7 Å². The smallest absolute Gasteiger partial charge is 0.256 e. The van der Waals surface area contributed by atoms with Gasteiger partial charge in [-0.05, 0) is 61.0 Å². The van der Waals surface area contributed by atoms with E-state index in [1.54, 1.807) is 42.5 Å². The Morgan fingerprint density at radius 3 is 2.45 bits per heavy atom. The molecule has 0 saturated heterocycles.